The molecule has 43 heavy (non-hydrogen) atoms. The van der Waals surface area contributed by atoms with Crippen LogP contribution in [0.15, 0.2) is 47.7 Å². The molecule has 8 nitrogen and oxygen atoms in total. The average Bonchev–Trinajstić information content (AvgIpc) is 3.48. The quantitative estimate of drug-likeness (QED) is 0.152. The lowest BCUT2D eigenvalue weighted by Crippen LogP contribution is -2.09. The number of pyridine rings is 1. The summed E-state index contributed by atoms with van der Waals surface area (Å²) < 4.78 is 5.63. The number of aliphatic imine (C=N–C) groups is 1. The number of aromatic nitrogens is 3. The van der Waals surface area contributed by atoms with Crippen molar-refractivity contribution in [2.75, 3.05) is 7.11 Å². The summed E-state index contributed by atoms with van der Waals surface area (Å²) in [4.78, 5) is 38.4. The van der Waals surface area contributed by atoms with Crippen molar-refractivity contribution in [3.8, 4) is 17.0 Å². The number of hydrogen-bond donors (Lipinski definition) is 2. The van der Waals surface area contributed by atoms with Crippen molar-refractivity contribution < 1.29 is 14.3 Å². The molecule has 0 saturated carbocycles. The number of carbonyl (C=O) groups excluding carboxylic acids is 2. The van der Waals surface area contributed by atoms with Crippen LogP contribution in [0.4, 0.5) is 0 Å². The van der Waals surface area contributed by atoms with Gasteiger partial charge in [-0.2, -0.15) is 0 Å². The van der Waals surface area contributed by atoms with Gasteiger partial charge in [-0.15, -0.1) is 0 Å². The molecule has 1 aromatic carbocycles. The molecule has 238 valence electrons. The maximum absolute atomic E-state index is 12.2. The number of ketones is 1. The van der Waals surface area contributed by atoms with Gasteiger partial charge in [0.15, 0.2) is 5.78 Å². The molecule has 1 unspecified atom stereocenters. The van der Waals surface area contributed by atoms with Crippen LogP contribution in [-0.4, -0.2) is 39.5 Å². The fourth-order valence-corrected chi connectivity index (χ4v) is 3.88. The van der Waals surface area contributed by atoms with Crippen LogP contribution >= 0.6 is 0 Å². The van der Waals surface area contributed by atoms with E-state index < -0.39 is 0 Å². The summed E-state index contributed by atoms with van der Waals surface area (Å²) in [6.07, 6.45) is 12.2. The van der Waals surface area contributed by atoms with Crippen molar-refractivity contribution >= 4 is 28.3 Å². The van der Waals surface area contributed by atoms with Gasteiger partial charge in [0.25, 0.3) is 0 Å². The number of unbranched alkanes of at least 4 members (excludes halogenated alkanes) is 3. The number of hydrogen-bond acceptors (Lipinski definition) is 6. The first kappa shape index (κ1) is 39.2. The fourth-order valence-electron chi connectivity index (χ4n) is 3.88. The number of Topliss-reactive ketones (excluding diaryl/α,β-unsaturated/α-hetero) is 1. The summed E-state index contributed by atoms with van der Waals surface area (Å²) in [5.74, 6) is 2.05. The third-order valence-corrected chi connectivity index (χ3v) is 6.37. The maximum atomic E-state index is 12.2. The molecule has 2 heterocycles. The molecule has 0 bridgehead atoms. The lowest BCUT2D eigenvalue weighted by Gasteiger charge is -2.09. The van der Waals surface area contributed by atoms with E-state index in [4.69, 9.17) is 4.74 Å². The largest absolute Gasteiger partial charge is 0.496 e. The van der Waals surface area contributed by atoms with Crippen molar-refractivity contribution in [3.05, 3.63) is 54.3 Å². The van der Waals surface area contributed by atoms with Crippen LogP contribution in [0.1, 0.15) is 105 Å². The minimum atomic E-state index is -0.333. The second-order valence-corrected chi connectivity index (χ2v) is 9.83. The van der Waals surface area contributed by atoms with Gasteiger partial charge in [-0.05, 0) is 44.7 Å². The van der Waals surface area contributed by atoms with Gasteiger partial charge < -0.3 is 15.5 Å². The molecule has 3 aromatic rings. The zero-order valence-electron chi connectivity index (χ0n) is 28.2. The molecule has 0 aliphatic carbocycles. The maximum Gasteiger partial charge on any atom is 0.214 e. The number of allylic oxidation sites excluding steroid dienone is 1. The standard InChI is InChI=1S/C29H38N4O2.C2H5NO.2C2H6/c1-6-20(2)15-16-30-22(4)27(34)11-9-7-8-10-12-29-31-19-26(33-29)24-17-23-14-13-21(3)32-25(23)18-28(24)35-5;1-2(3)4;2*1-2/h13-20H,6-12H2,1-5H3,(H,31,33);1H3,(H2,3,4);2*1-2H3/b16-15-,30-22?;;;. The Bertz CT molecular complexity index is 1290. The first-order valence-corrected chi connectivity index (χ1v) is 15.6. The number of nitrogens with two attached hydrogens (primary N) is 1. The highest BCUT2D eigenvalue weighted by molar-refractivity contribution is 6.39. The van der Waals surface area contributed by atoms with E-state index in [1.807, 2.05) is 59.0 Å². The Morgan fingerprint density at radius 2 is 1.72 bits per heavy atom. The molecule has 2 aromatic heterocycles. The predicted molar refractivity (Wildman–Crippen MR) is 182 cm³/mol. The number of nitrogens with one attached hydrogen (secondary N) is 1. The molecule has 3 rings (SSSR count). The SMILES string of the molecule is CC.CC.CC(N)=O.CCC(C)/C=C\N=C(C)C(=O)CCCCCCc1ncc(-c2cc3ccc(C)nc3cc2OC)[nH]1. The molecule has 0 spiro atoms. The van der Waals surface area contributed by atoms with E-state index in [2.05, 4.69) is 51.7 Å². The molecule has 0 saturated heterocycles. The molecule has 0 radical (unpaired) electrons. The molecule has 0 aliphatic heterocycles. The molecular weight excluding hydrogens is 538 g/mol. The van der Waals surface area contributed by atoms with Crippen molar-refractivity contribution in [1.29, 1.82) is 0 Å². The van der Waals surface area contributed by atoms with Crippen LogP contribution in [0.5, 0.6) is 5.75 Å². The molecule has 1 amide bonds. The van der Waals surface area contributed by atoms with E-state index in [1.165, 1.54) is 6.92 Å². The monoisotopic (exact) mass is 593 g/mol. The number of fused-ring (bicyclic) bond motifs is 1. The number of aromatic amines is 1. The highest BCUT2D eigenvalue weighted by Gasteiger charge is 2.12. The number of primary amides is 1. The van der Waals surface area contributed by atoms with Crippen molar-refractivity contribution in [1.82, 2.24) is 15.0 Å². The molecule has 3 N–H and O–H groups in total. The van der Waals surface area contributed by atoms with E-state index in [0.717, 1.165) is 78.0 Å². The summed E-state index contributed by atoms with van der Waals surface area (Å²) in [6.45, 7) is 17.4. The summed E-state index contributed by atoms with van der Waals surface area (Å²) in [7, 11) is 1.68. The Kier molecular flexibility index (Phi) is 20.7. The van der Waals surface area contributed by atoms with Crippen LogP contribution in [0.25, 0.3) is 22.2 Å². The lowest BCUT2D eigenvalue weighted by atomic mass is 10.1. The van der Waals surface area contributed by atoms with Gasteiger partial charge >= 0.3 is 0 Å². The third-order valence-electron chi connectivity index (χ3n) is 6.37. The Labute approximate surface area is 259 Å². The highest BCUT2D eigenvalue weighted by atomic mass is 16.5. The van der Waals surface area contributed by atoms with Gasteiger partial charge in [-0.25, -0.2) is 4.98 Å². The van der Waals surface area contributed by atoms with E-state index in [9.17, 15) is 9.59 Å². The second kappa shape index (κ2) is 22.7. The van der Waals surface area contributed by atoms with E-state index in [1.54, 1.807) is 20.2 Å². The van der Waals surface area contributed by atoms with Crippen LogP contribution in [0, 0.1) is 12.8 Å². The summed E-state index contributed by atoms with van der Waals surface area (Å²) in [5.41, 5.74) is 8.91. The average molecular weight is 594 g/mol. The Morgan fingerprint density at radius 3 is 2.35 bits per heavy atom. The van der Waals surface area contributed by atoms with E-state index in [-0.39, 0.29) is 11.7 Å². The number of nitrogens with zero attached hydrogens (tertiary/aromatic N) is 3. The zero-order chi connectivity index (χ0) is 32.8. The van der Waals surface area contributed by atoms with E-state index in [0.29, 0.717) is 18.1 Å². The predicted octanol–water partition coefficient (Wildman–Crippen LogP) is 8.57. The fraction of sp³-hybridized carbons (Fsp3) is 0.514. The van der Waals surface area contributed by atoms with Gasteiger partial charge in [-0.1, -0.05) is 72.9 Å². The van der Waals surface area contributed by atoms with Crippen LogP contribution < -0.4 is 10.5 Å². The number of benzene rings is 1. The first-order valence-electron chi connectivity index (χ1n) is 15.6. The normalized spacial score (nSPS) is 11.4. The van der Waals surface area contributed by atoms with Gasteiger partial charge in [0.1, 0.15) is 11.6 Å². The molecule has 0 fully saturated rings. The smallest absolute Gasteiger partial charge is 0.214 e. The number of H-pyrrole nitrogens is 1. The van der Waals surface area contributed by atoms with Gasteiger partial charge in [0, 0.05) is 48.7 Å². The molecule has 8 heteroatoms. The number of carbonyl (C=O) groups is 2. The summed E-state index contributed by atoms with van der Waals surface area (Å²) >= 11 is 0. The molecular formula is C35H55N5O3. The van der Waals surface area contributed by atoms with Gasteiger partial charge in [-0.3, -0.25) is 19.6 Å². The van der Waals surface area contributed by atoms with Crippen LogP contribution in [-0.2, 0) is 16.0 Å². The van der Waals surface area contributed by atoms with E-state index >= 15 is 0 Å². The van der Waals surface area contributed by atoms with Crippen LogP contribution in [0.3, 0.4) is 0 Å². The number of aryl methyl sites for hydroxylation is 2. The minimum absolute atomic E-state index is 0.143. The lowest BCUT2D eigenvalue weighted by molar-refractivity contribution is -0.116. The van der Waals surface area contributed by atoms with Gasteiger partial charge in [0.05, 0.1) is 30.2 Å². The molecule has 0 aliphatic rings. The highest BCUT2D eigenvalue weighted by Crippen LogP contribution is 2.33. The second-order valence-electron chi connectivity index (χ2n) is 9.83. The zero-order valence-corrected chi connectivity index (χ0v) is 28.2. The summed E-state index contributed by atoms with van der Waals surface area (Å²) in [6, 6.07) is 8.18. The first-order chi connectivity index (χ1) is 20.6. The number of ether oxygens (including phenoxy) is 1. The van der Waals surface area contributed by atoms with Crippen molar-refractivity contribution in [2.24, 2.45) is 16.6 Å². The third kappa shape index (κ3) is 15.3. The number of rotatable bonds is 13. The Morgan fingerprint density at radius 1 is 1.07 bits per heavy atom. The topological polar surface area (TPSA) is 123 Å². The number of imidazole rings is 1. The van der Waals surface area contributed by atoms with Crippen molar-refractivity contribution in [2.45, 2.75) is 107 Å². The van der Waals surface area contributed by atoms with Crippen molar-refractivity contribution in [3.63, 3.8) is 0 Å². The summed E-state index contributed by atoms with van der Waals surface area (Å²) in [5, 5.41) is 1.07. The Hall–Kier alpha value is -3.81. The minimum Gasteiger partial charge on any atom is -0.496 e. The van der Waals surface area contributed by atoms with Gasteiger partial charge in [0.2, 0.25) is 5.91 Å². The Balaban J connectivity index is 0.00000200. The molecule has 1 atom stereocenters. The van der Waals surface area contributed by atoms with Crippen LogP contribution in [0.2, 0.25) is 0 Å². The number of methoxy groups -OCH3 is 1. The number of amides is 1.